The summed E-state index contributed by atoms with van der Waals surface area (Å²) in [5.74, 6) is -1.00. The number of amides is 1. The summed E-state index contributed by atoms with van der Waals surface area (Å²) in [7, 11) is -4.03. The van der Waals surface area contributed by atoms with E-state index in [1.54, 1.807) is 0 Å². The van der Waals surface area contributed by atoms with Gasteiger partial charge in [-0.3, -0.25) is 4.79 Å². The molecule has 1 aliphatic heterocycles. The van der Waals surface area contributed by atoms with Crippen LogP contribution in [0.25, 0.3) is 0 Å². The Morgan fingerprint density at radius 1 is 1.31 bits per heavy atom. The second kappa shape index (κ2) is 8.23. The normalized spacial score (nSPS) is 21.2. The van der Waals surface area contributed by atoms with E-state index in [2.05, 4.69) is 20.1 Å². The molecule has 0 aliphatic carbocycles. The van der Waals surface area contributed by atoms with Gasteiger partial charge in [0.25, 0.3) is 0 Å². The number of sulfonamides is 1. The number of nitrogens with one attached hydrogen (secondary N) is 3. The lowest BCUT2D eigenvalue weighted by molar-refractivity contribution is -0.274. The van der Waals surface area contributed by atoms with Gasteiger partial charge in [0.15, 0.2) is 0 Å². The van der Waals surface area contributed by atoms with E-state index in [-0.39, 0.29) is 17.0 Å². The highest BCUT2D eigenvalue weighted by Crippen LogP contribution is 2.23. The number of rotatable bonds is 6. The number of carbonyl (C=O) groups is 1. The minimum Gasteiger partial charge on any atom is -0.406 e. The van der Waals surface area contributed by atoms with E-state index >= 15 is 0 Å². The van der Waals surface area contributed by atoms with Crippen LogP contribution >= 0.6 is 0 Å². The van der Waals surface area contributed by atoms with Gasteiger partial charge in [-0.15, -0.1) is 13.2 Å². The molecule has 1 heterocycles. The van der Waals surface area contributed by atoms with Crippen LogP contribution in [0.4, 0.5) is 13.2 Å². The average Bonchev–Trinajstić information content (AvgIpc) is 2.52. The van der Waals surface area contributed by atoms with E-state index in [0.717, 1.165) is 43.7 Å². The molecule has 1 saturated heterocycles. The van der Waals surface area contributed by atoms with Gasteiger partial charge in [0.05, 0.1) is 11.4 Å². The van der Waals surface area contributed by atoms with E-state index < -0.39 is 34.6 Å². The van der Waals surface area contributed by atoms with E-state index in [0.29, 0.717) is 0 Å². The fourth-order valence-corrected chi connectivity index (χ4v) is 3.59. The smallest absolute Gasteiger partial charge is 0.406 e. The Balaban J connectivity index is 1.88. The van der Waals surface area contributed by atoms with Gasteiger partial charge < -0.3 is 15.4 Å². The van der Waals surface area contributed by atoms with Crippen LogP contribution in [0.2, 0.25) is 0 Å². The number of ether oxygens (including phenoxy) is 1. The summed E-state index contributed by atoms with van der Waals surface area (Å²) in [6.45, 7) is 2.30. The average molecular weight is 395 g/mol. The van der Waals surface area contributed by atoms with Gasteiger partial charge in [0.2, 0.25) is 15.9 Å². The maximum atomic E-state index is 12.1. The van der Waals surface area contributed by atoms with Crippen molar-refractivity contribution < 1.29 is 31.1 Å². The van der Waals surface area contributed by atoms with Crippen molar-refractivity contribution >= 4 is 15.9 Å². The summed E-state index contributed by atoms with van der Waals surface area (Å²) in [5, 5.41) is 6.00. The molecule has 0 aromatic heterocycles. The summed E-state index contributed by atoms with van der Waals surface area (Å²) in [6, 6.07) is 3.95. The molecule has 11 heteroatoms. The van der Waals surface area contributed by atoms with Gasteiger partial charge in [-0.25, -0.2) is 13.1 Å². The van der Waals surface area contributed by atoms with Crippen LogP contribution in [0.3, 0.4) is 0 Å². The number of alkyl halides is 3. The maximum absolute atomic E-state index is 12.1. The molecule has 146 valence electrons. The number of piperidine rings is 1. The van der Waals surface area contributed by atoms with Crippen LogP contribution in [-0.4, -0.2) is 45.9 Å². The van der Waals surface area contributed by atoms with Gasteiger partial charge in [-0.1, -0.05) is 0 Å². The highest BCUT2D eigenvalue weighted by Gasteiger charge is 2.31. The van der Waals surface area contributed by atoms with Gasteiger partial charge in [0.1, 0.15) is 5.75 Å². The van der Waals surface area contributed by atoms with Crippen molar-refractivity contribution in [2.45, 2.75) is 43.1 Å². The minimum absolute atomic E-state index is 0.0259. The quantitative estimate of drug-likeness (QED) is 0.671. The molecule has 3 N–H and O–H groups in total. The molecule has 1 aliphatic rings. The molecule has 7 nitrogen and oxygen atoms in total. The molecular formula is C15H20F3N3O4S. The first-order chi connectivity index (χ1) is 12.0. The third-order valence-electron chi connectivity index (χ3n) is 3.78. The Morgan fingerprint density at radius 3 is 2.54 bits per heavy atom. The fraction of sp³-hybridized carbons (Fsp3) is 0.533. The minimum atomic E-state index is -4.86. The third-order valence-corrected chi connectivity index (χ3v) is 5.20. The fourth-order valence-electron chi connectivity index (χ4n) is 2.61. The number of halogens is 3. The van der Waals surface area contributed by atoms with Gasteiger partial charge in [0, 0.05) is 12.1 Å². The summed E-state index contributed by atoms with van der Waals surface area (Å²) < 4.78 is 66.3. The lowest BCUT2D eigenvalue weighted by atomic mass is 10.0. The van der Waals surface area contributed by atoms with Crippen molar-refractivity contribution in [3.05, 3.63) is 24.3 Å². The first-order valence-corrected chi connectivity index (χ1v) is 9.42. The first kappa shape index (κ1) is 20.5. The van der Waals surface area contributed by atoms with Gasteiger partial charge >= 0.3 is 6.36 Å². The Bertz CT molecular complexity index is 723. The van der Waals surface area contributed by atoms with Crippen molar-refractivity contribution in [2.24, 2.45) is 0 Å². The molecular weight excluding hydrogens is 375 g/mol. The number of hydrogen-bond donors (Lipinski definition) is 3. The Kier molecular flexibility index (Phi) is 6.48. The molecule has 0 radical (unpaired) electrons. The second-order valence-corrected chi connectivity index (χ2v) is 7.75. The standard InChI is InChI=1S/C15H20F3N3O4S/c1-10-8-11(6-7-19-10)21-14(22)9-20-26(23,24)13-4-2-12(3-5-13)25-15(16,17)18/h2-5,10-11,19-20H,6-9H2,1H3,(H,21,22). The zero-order valence-electron chi connectivity index (χ0n) is 14.0. The molecule has 1 aromatic carbocycles. The Hall–Kier alpha value is -1.85. The van der Waals surface area contributed by atoms with Crippen LogP contribution in [-0.2, 0) is 14.8 Å². The van der Waals surface area contributed by atoms with Crippen molar-refractivity contribution in [3.63, 3.8) is 0 Å². The number of hydrogen-bond acceptors (Lipinski definition) is 5. The van der Waals surface area contributed by atoms with Crippen molar-refractivity contribution in [2.75, 3.05) is 13.1 Å². The van der Waals surface area contributed by atoms with Crippen molar-refractivity contribution in [3.8, 4) is 5.75 Å². The summed E-state index contributed by atoms with van der Waals surface area (Å²) in [5.41, 5.74) is 0. The zero-order valence-corrected chi connectivity index (χ0v) is 14.8. The van der Waals surface area contributed by atoms with Crippen molar-refractivity contribution in [1.82, 2.24) is 15.4 Å². The third kappa shape index (κ3) is 6.46. The number of benzene rings is 1. The first-order valence-electron chi connectivity index (χ1n) is 7.93. The van der Waals surface area contributed by atoms with Crippen LogP contribution in [0.15, 0.2) is 29.2 Å². The topological polar surface area (TPSA) is 96.5 Å². The van der Waals surface area contributed by atoms with Gasteiger partial charge in [-0.05, 0) is 50.6 Å². The van der Waals surface area contributed by atoms with E-state index in [1.807, 2.05) is 6.92 Å². The molecule has 0 saturated carbocycles. The lowest BCUT2D eigenvalue weighted by Gasteiger charge is -2.28. The SMILES string of the molecule is CC1CC(NC(=O)CNS(=O)(=O)c2ccc(OC(F)(F)F)cc2)CCN1. The number of carbonyl (C=O) groups excluding carboxylic acids is 1. The van der Waals surface area contributed by atoms with Crippen molar-refractivity contribution in [1.29, 1.82) is 0 Å². The van der Waals surface area contributed by atoms with E-state index in [1.165, 1.54) is 0 Å². The molecule has 0 spiro atoms. The Labute approximate surface area is 149 Å². The molecule has 2 unspecified atom stereocenters. The summed E-state index contributed by atoms with van der Waals surface area (Å²) in [4.78, 5) is 11.6. The molecule has 2 rings (SSSR count). The lowest BCUT2D eigenvalue weighted by Crippen LogP contribution is -2.48. The van der Waals surface area contributed by atoms with Crippen LogP contribution in [0, 0.1) is 0 Å². The van der Waals surface area contributed by atoms with E-state index in [9.17, 15) is 26.4 Å². The van der Waals surface area contributed by atoms with Crippen LogP contribution in [0.1, 0.15) is 19.8 Å². The van der Waals surface area contributed by atoms with E-state index in [4.69, 9.17) is 0 Å². The highest BCUT2D eigenvalue weighted by atomic mass is 32.2. The molecule has 0 bridgehead atoms. The summed E-state index contributed by atoms with van der Waals surface area (Å²) >= 11 is 0. The maximum Gasteiger partial charge on any atom is 0.573 e. The second-order valence-electron chi connectivity index (χ2n) is 5.99. The predicted molar refractivity (Wildman–Crippen MR) is 86.9 cm³/mol. The largest absolute Gasteiger partial charge is 0.573 e. The monoisotopic (exact) mass is 395 g/mol. The molecule has 2 atom stereocenters. The van der Waals surface area contributed by atoms with Crippen LogP contribution < -0.4 is 20.1 Å². The molecule has 1 amide bonds. The molecule has 1 aromatic rings. The Morgan fingerprint density at radius 2 is 1.96 bits per heavy atom. The summed E-state index contributed by atoms with van der Waals surface area (Å²) in [6.07, 6.45) is -3.36. The zero-order chi connectivity index (χ0) is 19.4. The van der Waals surface area contributed by atoms with Gasteiger partial charge in [-0.2, -0.15) is 0 Å². The van der Waals surface area contributed by atoms with Crippen LogP contribution in [0.5, 0.6) is 5.75 Å². The predicted octanol–water partition coefficient (Wildman–Crippen LogP) is 1.12. The highest BCUT2D eigenvalue weighted by molar-refractivity contribution is 7.89. The molecule has 1 fully saturated rings. The molecule has 26 heavy (non-hydrogen) atoms.